The minimum atomic E-state index is 0.253. The molecule has 35 heavy (non-hydrogen) atoms. The van der Waals surface area contributed by atoms with Crippen LogP contribution in [0.4, 0.5) is 0 Å². The van der Waals surface area contributed by atoms with Crippen molar-refractivity contribution in [3.63, 3.8) is 0 Å². The molecule has 1 heterocycles. The molecule has 1 aliphatic heterocycles. The van der Waals surface area contributed by atoms with E-state index in [1.54, 1.807) is 0 Å². The number of piperidine rings is 1. The Labute approximate surface area is 208 Å². The Morgan fingerprint density at radius 3 is 2.29 bits per heavy atom. The Morgan fingerprint density at radius 2 is 1.51 bits per heavy atom. The molecule has 0 bridgehead atoms. The number of aromatic hydroxyl groups is 1. The average molecular weight is 470 g/mol. The van der Waals surface area contributed by atoms with Gasteiger partial charge < -0.3 is 19.9 Å². The van der Waals surface area contributed by atoms with E-state index >= 15 is 0 Å². The summed E-state index contributed by atoms with van der Waals surface area (Å²) in [4.78, 5) is 0. The van der Waals surface area contributed by atoms with Gasteiger partial charge in [0.2, 0.25) is 0 Å². The molecule has 2 N–H and O–H groups in total. The van der Waals surface area contributed by atoms with Crippen LogP contribution < -0.4 is 10.1 Å². The molecule has 1 saturated carbocycles. The monoisotopic (exact) mass is 469 g/mol. The van der Waals surface area contributed by atoms with Crippen molar-refractivity contribution in [1.82, 2.24) is 5.32 Å². The largest absolute Gasteiger partial charge is 0.508 e. The summed E-state index contributed by atoms with van der Waals surface area (Å²) in [5.41, 5.74) is 5.27. The molecular formula is C31H35NO3. The summed E-state index contributed by atoms with van der Waals surface area (Å²) in [7, 11) is 0. The molecule has 4 nitrogen and oxygen atoms in total. The van der Waals surface area contributed by atoms with E-state index in [1.807, 2.05) is 12.1 Å². The molecular weight excluding hydrogens is 434 g/mol. The zero-order chi connectivity index (χ0) is 23.6. The number of benzene rings is 3. The van der Waals surface area contributed by atoms with Crippen LogP contribution in [0.1, 0.15) is 66.2 Å². The molecule has 0 aromatic heterocycles. The Morgan fingerprint density at radius 1 is 0.743 bits per heavy atom. The first-order valence-electron chi connectivity index (χ1n) is 13.2. The summed E-state index contributed by atoms with van der Waals surface area (Å²) in [6.07, 6.45) is 7.30. The van der Waals surface area contributed by atoms with Gasteiger partial charge in [-0.2, -0.15) is 0 Å². The van der Waals surface area contributed by atoms with Crippen molar-refractivity contribution in [3.05, 3.63) is 95.1 Å². The molecule has 2 aliphatic carbocycles. The van der Waals surface area contributed by atoms with E-state index in [2.05, 4.69) is 66.0 Å². The van der Waals surface area contributed by atoms with Crippen molar-refractivity contribution < 1.29 is 14.6 Å². The summed E-state index contributed by atoms with van der Waals surface area (Å²) in [5, 5.41) is 13.5. The normalized spacial score (nSPS) is 26.5. The Kier molecular flexibility index (Phi) is 6.49. The second-order valence-electron chi connectivity index (χ2n) is 10.4. The molecule has 3 aromatic rings. The summed E-state index contributed by atoms with van der Waals surface area (Å²) >= 11 is 0. The van der Waals surface area contributed by atoms with Crippen LogP contribution in [0.25, 0.3) is 0 Å². The molecule has 3 aliphatic rings. The van der Waals surface area contributed by atoms with E-state index in [9.17, 15) is 5.11 Å². The fraction of sp³-hybridized carbons (Fsp3) is 0.419. The van der Waals surface area contributed by atoms with Crippen LogP contribution in [-0.4, -0.2) is 36.5 Å². The smallest absolute Gasteiger partial charge is 0.119 e. The van der Waals surface area contributed by atoms with Gasteiger partial charge in [-0.15, -0.1) is 0 Å². The van der Waals surface area contributed by atoms with Crippen molar-refractivity contribution >= 4 is 0 Å². The lowest BCUT2D eigenvalue weighted by Gasteiger charge is -2.38. The molecule has 0 radical (unpaired) electrons. The zero-order valence-electron chi connectivity index (χ0n) is 20.2. The summed E-state index contributed by atoms with van der Waals surface area (Å²) in [6, 6.07) is 25.5. The average Bonchev–Trinajstić information content (AvgIpc) is 2.88. The predicted octanol–water partition coefficient (Wildman–Crippen LogP) is 5.93. The standard InChI is InChI=1S/C31H35NO3/c33-24-9-13-30-23(18-24)8-12-29(21-4-2-1-3-5-21)31(30)22-6-10-25(11-7-22)34-27-19-28(20-27)35-26-14-16-32-17-15-26/h1-7,9-11,13,18,26-29,31-33H,8,12,14-17,19-20H2/t27?,28?,29-,31+/m1/s1. The van der Waals surface area contributed by atoms with Crippen LogP contribution >= 0.6 is 0 Å². The van der Waals surface area contributed by atoms with E-state index < -0.39 is 0 Å². The number of nitrogens with one attached hydrogen (secondary N) is 1. The number of aryl methyl sites for hydroxylation is 1. The van der Waals surface area contributed by atoms with Crippen molar-refractivity contribution in [1.29, 1.82) is 0 Å². The molecule has 0 amide bonds. The highest BCUT2D eigenvalue weighted by Gasteiger charge is 2.35. The van der Waals surface area contributed by atoms with Crippen LogP contribution in [0.2, 0.25) is 0 Å². The van der Waals surface area contributed by atoms with Gasteiger partial charge in [-0.05, 0) is 91.2 Å². The number of phenols is 1. The topological polar surface area (TPSA) is 50.7 Å². The molecule has 1 saturated heterocycles. The fourth-order valence-electron chi connectivity index (χ4n) is 6.15. The number of phenolic OH excluding ortho intramolecular Hbond substituents is 1. The molecule has 6 rings (SSSR count). The maximum atomic E-state index is 10.1. The van der Waals surface area contributed by atoms with E-state index in [1.165, 1.54) is 22.3 Å². The minimum Gasteiger partial charge on any atom is -0.508 e. The van der Waals surface area contributed by atoms with E-state index in [4.69, 9.17) is 9.47 Å². The highest BCUT2D eigenvalue weighted by atomic mass is 16.5. The highest BCUT2D eigenvalue weighted by Crippen LogP contribution is 2.47. The maximum Gasteiger partial charge on any atom is 0.119 e. The van der Waals surface area contributed by atoms with Gasteiger partial charge in [-0.3, -0.25) is 0 Å². The summed E-state index contributed by atoms with van der Waals surface area (Å²) < 4.78 is 12.5. The third-order valence-electron chi connectivity index (χ3n) is 8.08. The van der Waals surface area contributed by atoms with Gasteiger partial charge in [-0.25, -0.2) is 0 Å². The third kappa shape index (κ3) is 4.96. The lowest BCUT2D eigenvalue weighted by atomic mass is 9.69. The quantitative estimate of drug-likeness (QED) is 0.470. The van der Waals surface area contributed by atoms with E-state index in [-0.39, 0.29) is 12.0 Å². The van der Waals surface area contributed by atoms with Crippen LogP contribution in [-0.2, 0) is 11.2 Å². The number of fused-ring (bicyclic) bond motifs is 1. The van der Waals surface area contributed by atoms with Crippen molar-refractivity contribution in [2.75, 3.05) is 13.1 Å². The van der Waals surface area contributed by atoms with Gasteiger partial charge >= 0.3 is 0 Å². The van der Waals surface area contributed by atoms with E-state index in [0.717, 1.165) is 57.4 Å². The Balaban J connectivity index is 1.15. The first-order chi connectivity index (χ1) is 17.2. The van der Waals surface area contributed by atoms with Crippen molar-refractivity contribution in [2.45, 2.75) is 68.7 Å². The Bertz CT molecular complexity index is 1120. The molecule has 2 fully saturated rings. The SMILES string of the molecule is Oc1ccc2c(c1)CC[C@H](c1ccccc1)[C@@H]2c1ccc(OC2CC(OC3CCNCC3)C2)cc1. The van der Waals surface area contributed by atoms with Gasteiger partial charge in [0.05, 0.1) is 12.2 Å². The second kappa shape index (κ2) is 10.0. The first-order valence-corrected chi connectivity index (χ1v) is 13.2. The predicted molar refractivity (Wildman–Crippen MR) is 138 cm³/mol. The molecule has 3 aromatic carbocycles. The summed E-state index contributed by atoms with van der Waals surface area (Å²) in [6.45, 7) is 2.14. The van der Waals surface area contributed by atoms with Crippen molar-refractivity contribution in [2.24, 2.45) is 0 Å². The molecule has 0 unspecified atom stereocenters. The van der Waals surface area contributed by atoms with Crippen LogP contribution in [0.5, 0.6) is 11.5 Å². The second-order valence-corrected chi connectivity index (χ2v) is 10.4. The molecule has 182 valence electrons. The van der Waals surface area contributed by atoms with Crippen LogP contribution in [0.3, 0.4) is 0 Å². The lowest BCUT2D eigenvalue weighted by molar-refractivity contribution is -0.103. The fourth-order valence-corrected chi connectivity index (χ4v) is 6.15. The molecule has 4 heteroatoms. The van der Waals surface area contributed by atoms with Gasteiger partial charge in [-0.1, -0.05) is 48.5 Å². The van der Waals surface area contributed by atoms with Crippen LogP contribution in [0.15, 0.2) is 72.8 Å². The number of rotatable bonds is 6. The minimum absolute atomic E-state index is 0.253. The Hall–Kier alpha value is -2.82. The zero-order valence-corrected chi connectivity index (χ0v) is 20.2. The van der Waals surface area contributed by atoms with Gasteiger partial charge in [0.25, 0.3) is 0 Å². The number of ether oxygens (including phenoxy) is 2. The van der Waals surface area contributed by atoms with Crippen LogP contribution in [0, 0.1) is 0 Å². The number of hydrogen-bond acceptors (Lipinski definition) is 4. The molecule has 2 atom stereocenters. The third-order valence-corrected chi connectivity index (χ3v) is 8.08. The first kappa shape index (κ1) is 22.6. The molecule has 0 spiro atoms. The van der Waals surface area contributed by atoms with E-state index in [0.29, 0.717) is 23.9 Å². The van der Waals surface area contributed by atoms with Gasteiger partial charge in [0, 0.05) is 18.8 Å². The summed E-state index contributed by atoms with van der Waals surface area (Å²) in [5.74, 6) is 1.98. The lowest BCUT2D eigenvalue weighted by Crippen LogP contribution is -2.43. The maximum absolute atomic E-state index is 10.1. The highest BCUT2D eigenvalue weighted by molar-refractivity contribution is 5.48. The van der Waals surface area contributed by atoms with Gasteiger partial charge in [0.1, 0.15) is 17.6 Å². The van der Waals surface area contributed by atoms with Crippen molar-refractivity contribution in [3.8, 4) is 11.5 Å². The van der Waals surface area contributed by atoms with Gasteiger partial charge in [0.15, 0.2) is 0 Å². The number of hydrogen-bond donors (Lipinski definition) is 2.